The van der Waals surface area contributed by atoms with Crippen molar-refractivity contribution >= 4 is 5.91 Å². The largest absolute Gasteiger partial charge is 0.489 e. The van der Waals surface area contributed by atoms with Crippen LogP contribution in [0.3, 0.4) is 0 Å². The average Bonchev–Trinajstić information content (AvgIpc) is 3.32. The summed E-state index contributed by atoms with van der Waals surface area (Å²) < 4.78 is 7.40. The van der Waals surface area contributed by atoms with Crippen molar-refractivity contribution in [2.45, 2.75) is 13.2 Å². The molecule has 0 aliphatic heterocycles. The number of aromatic nitrogens is 4. The van der Waals surface area contributed by atoms with Gasteiger partial charge in [-0.25, -0.2) is 9.67 Å². The Bertz CT molecular complexity index is 1060. The van der Waals surface area contributed by atoms with Crippen LogP contribution < -0.4 is 10.1 Å². The van der Waals surface area contributed by atoms with E-state index < -0.39 is 0 Å². The van der Waals surface area contributed by atoms with Crippen LogP contribution in [0.15, 0.2) is 85.6 Å². The smallest absolute Gasteiger partial charge is 0.251 e. The van der Waals surface area contributed by atoms with Crippen molar-refractivity contribution in [1.82, 2.24) is 25.1 Å². The number of rotatable bonds is 7. The van der Waals surface area contributed by atoms with E-state index >= 15 is 0 Å². The van der Waals surface area contributed by atoms with E-state index in [4.69, 9.17) is 4.74 Å². The highest BCUT2D eigenvalue weighted by Gasteiger charge is 2.10. The SMILES string of the molecule is O=C(NCc1cccnc1-n1cccn1)c1ccc(OCc2cccnc2)cc1. The molecule has 0 aliphatic rings. The van der Waals surface area contributed by atoms with Gasteiger partial charge in [-0.1, -0.05) is 12.1 Å². The average molecular weight is 385 g/mol. The molecule has 4 rings (SSSR count). The normalized spacial score (nSPS) is 10.5. The maximum Gasteiger partial charge on any atom is 0.251 e. The van der Waals surface area contributed by atoms with Crippen molar-refractivity contribution in [3.63, 3.8) is 0 Å². The molecule has 1 amide bonds. The van der Waals surface area contributed by atoms with E-state index in [-0.39, 0.29) is 5.91 Å². The Hall–Kier alpha value is -4.00. The van der Waals surface area contributed by atoms with Crippen molar-refractivity contribution in [1.29, 1.82) is 0 Å². The Kier molecular flexibility index (Phi) is 5.57. The molecule has 1 aromatic carbocycles. The third-order valence-corrected chi connectivity index (χ3v) is 4.27. The Labute approximate surface area is 168 Å². The first-order valence-electron chi connectivity index (χ1n) is 9.13. The zero-order chi connectivity index (χ0) is 19.9. The molecule has 4 aromatic rings. The molecule has 7 nitrogen and oxygen atoms in total. The van der Waals surface area contributed by atoms with Crippen LogP contribution in [0.5, 0.6) is 5.75 Å². The maximum atomic E-state index is 12.5. The topological polar surface area (TPSA) is 81.9 Å². The van der Waals surface area contributed by atoms with Crippen molar-refractivity contribution in [3.8, 4) is 11.6 Å². The second-order valence-corrected chi connectivity index (χ2v) is 6.29. The summed E-state index contributed by atoms with van der Waals surface area (Å²) >= 11 is 0. The summed E-state index contributed by atoms with van der Waals surface area (Å²) in [5.74, 6) is 1.22. The zero-order valence-corrected chi connectivity index (χ0v) is 15.6. The third kappa shape index (κ3) is 4.65. The van der Waals surface area contributed by atoms with Gasteiger partial charge in [-0.2, -0.15) is 5.10 Å². The minimum atomic E-state index is -0.168. The van der Waals surface area contributed by atoms with Crippen LogP contribution in [0.4, 0.5) is 0 Å². The molecule has 1 N–H and O–H groups in total. The molecule has 0 saturated heterocycles. The van der Waals surface area contributed by atoms with E-state index in [2.05, 4.69) is 20.4 Å². The van der Waals surface area contributed by atoms with Crippen molar-refractivity contribution in [2.75, 3.05) is 0 Å². The lowest BCUT2D eigenvalue weighted by Crippen LogP contribution is -2.23. The number of pyridine rings is 2. The second-order valence-electron chi connectivity index (χ2n) is 6.29. The van der Waals surface area contributed by atoms with Gasteiger partial charge < -0.3 is 10.1 Å². The van der Waals surface area contributed by atoms with E-state index in [1.807, 2.05) is 36.5 Å². The maximum absolute atomic E-state index is 12.5. The molecule has 0 saturated carbocycles. The van der Waals surface area contributed by atoms with E-state index in [1.165, 1.54) is 0 Å². The molecule has 0 aliphatic carbocycles. The lowest BCUT2D eigenvalue weighted by atomic mass is 10.2. The molecule has 29 heavy (non-hydrogen) atoms. The van der Waals surface area contributed by atoms with Crippen LogP contribution in [0.2, 0.25) is 0 Å². The van der Waals surface area contributed by atoms with Crippen LogP contribution in [-0.4, -0.2) is 25.7 Å². The number of amides is 1. The fourth-order valence-electron chi connectivity index (χ4n) is 2.80. The highest BCUT2D eigenvalue weighted by Crippen LogP contribution is 2.15. The van der Waals surface area contributed by atoms with Gasteiger partial charge in [-0.05, 0) is 42.5 Å². The minimum Gasteiger partial charge on any atom is -0.489 e. The first-order valence-corrected chi connectivity index (χ1v) is 9.13. The molecule has 144 valence electrons. The molecule has 3 heterocycles. The fourth-order valence-corrected chi connectivity index (χ4v) is 2.80. The van der Waals surface area contributed by atoms with Gasteiger partial charge in [0, 0.05) is 54.2 Å². The molecular weight excluding hydrogens is 366 g/mol. The molecule has 3 aromatic heterocycles. The summed E-state index contributed by atoms with van der Waals surface area (Å²) in [5.41, 5.74) is 2.42. The Morgan fingerprint density at radius 3 is 2.62 bits per heavy atom. The molecular formula is C22H19N5O2. The highest BCUT2D eigenvalue weighted by molar-refractivity contribution is 5.94. The summed E-state index contributed by atoms with van der Waals surface area (Å²) in [6.45, 7) is 0.776. The van der Waals surface area contributed by atoms with Gasteiger partial charge in [0.25, 0.3) is 5.91 Å². The number of nitrogens with zero attached hydrogens (tertiary/aromatic N) is 4. The number of ether oxygens (including phenoxy) is 1. The Balaban J connectivity index is 1.36. The standard InChI is InChI=1S/C22H19N5O2/c28-22(25-15-19-5-2-11-24-21(19)27-13-3-12-26-27)18-6-8-20(9-7-18)29-16-17-4-1-10-23-14-17/h1-14H,15-16H2,(H,25,28). The number of carbonyl (C=O) groups is 1. The van der Waals surface area contributed by atoms with Crippen LogP contribution in [0, 0.1) is 0 Å². The molecule has 7 heteroatoms. The highest BCUT2D eigenvalue weighted by atomic mass is 16.5. The van der Waals surface area contributed by atoms with Crippen LogP contribution in [0.25, 0.3) is 5.82 Å². The van der Waals surface area contributed by atoms with Crippen LogP contribution in [0.1, 0.15) is 21.5 Å². The van der Waals surface area contributed by atoms with Crippen LogP contribution >= 0.6 is 0 Å². The van der Waals surface area contributed by atoms with Gasteiger partial charge in [0.05, 0.1) is 0 Å². The Morgan fingerprint density at radius 2 is 1.86 bits per heavy atom. The minimum absolute atomic E-state index is 0.168. The first-order chi connectivity index (χ1) is 14.3. The van der Waals surface area contributed by atoms with Crippen molar-refractivity contribution < 1.29 is 9.53 Å². The fraction of sp³-hybridized carbons (Fsp3) is 0.0909. The first kappa shape index (κ1) is 18.4. The van der Waals surface area contributed by atoms with Gasteiger partial charge in [0.2, 0.25) is 0 Å². The van der Waals surface area contributed by atoms with Gasteiger partial charge in [-0.3, -0.25) is 9.78 Å². The number of hydrogen-bond acceptors (Lipinski definition) is 5. The van der Waals surface area contributed by atoms with Crippen LogP contribution in [-0.2, 0) is 13.2 Å². The number of nitrogens with one attached hydrogen (secondary N) is 1. The van der Waals surface area contributed by atoms with E-state index in [1.54, 1.807) is 53.7 Å². The number of hydrogen-bond donors (Lipinski definition) is 1. The molecule has 0 unspecified atom stereocenters. The van der Waals surface area contributed by atoms with Gasteiger partial charge in [0.1, 0.15) is 12.4 Å². The predicted octanol–water partition coefficient (Wildman–Crippen LogP) is 3.17. The zero-order valence-electron chi connectivity index (χ0n) is 15.6. The van der Waals surface area contributed by atoms with E-state index in [9.17, 15) is 4.79 Å². The monoisotopic (exact) mass is 385 g/mol. The van der Waals surface area contributed by atoms with Gasteiger partial charge in [0.15, 0.2) is 5.82 Å². The number of benzene rings is 1. The summed E-state index contributed by atoms with van der Waals surface area (Å²) in [6.07, 6.45) is 8.69. The van der Waals surface area contributed by atoms with E-state index in [0.717, 1.165) is 11.1 Å². The van der Waals surface area contributed by atoms with Gasteiger partial charge >= 0.3 is 0 Å². The molecule has 0 bridgehead atoms. The summed E-state index contributed by atoms with van der Waals surface area (Å²) in [7, 11) is 0. The van der Waals surface area contributed by atoms with Gasteiger partial charge in [-0.15, -0.1) is 0 Å². The molecule has 0 atom stereocenters. The molecule has 0 fully saturated rings. The van der Waals surface area contributed by atoms with Crippen molar-refractivity contribution in [3.05, 3.63) is 102 Å². The number of carbonyl (C=O) groups excluding carboxylic acids is 1. The van der Waals surface area contributed by atoms with E-state index in [0.29, 0.717) is 30.3 Å². The Morgan fingerprint density at radius 1 is 1.00 bits per heavy atom. The summed E-state index contributed by atoms with van der Waals surface area (Å²) in [4.78, 5) is 20.9. The lowest BCUT2D eigenvalue weighted by molar-refractivity contribution is 0.0951. The molecule has 0 spiro atoms. The lowest BCUT2D eigenvalue weighted by Gasteiger charge is -2.10. The molecule has 0 radical (unpaired) electrons. The second kappa shape index (κ2) is 8.79. The predicted molar refractivity (Wildman–Crippen MR) is 108 cm³/mol. The summed E-state index contributed by atoms with van der Waals surface area (Å²) in [5, 5.41) is 7.13. The van der Waals surface area contributed by atoms with Crippen molar-refractivity contribution in [2.24, 2.45) is 0 Å². The summed E-state index contributed by atoms with van der Waals surface area (Å²) in [6, 6.07) is 16.4. The third-order valence-electron chi connectivity index (χ3n) is 4.27. The quantitative estimate of drug-likeness (QED) is 0.528.